The first-order valence-electron chi connectivity index (χ1n) is 8.68. The molecule has 0 unspecified atom stereocenters. The summed E-state index contributed by atoms with van der Waals surface area (Å²) in [5.74, 6) is -2.19. The molecule has 1 aromatic carbocycles. The van der Waals surface area contributed by atoms with Crippen molar-refractivity contribution in [2.45, 2.75) is 38.0 Å². The van der Waals surface area contributed by atoms with Gasteiger partial charge in [-0.05, 0) is 37.5 Å². The normalized spacial score (nSPS) is 21.7. The Balaban J connectivity index is 1.97. The van der Waals surface area contributed by atoms with Gasteiger partial charge in [0.1, 0.15) is 12.3 Å². The van der Waals surface area contributed by atoms with Gasteiger partial charge in [-0.15, -0.1) is 0 Å². The zero-order chi connectivity index (χ0) is 20.7. The molecule has 10 heteroatoms. The van der Waals surface area contributed by atoms with Gasteiger partial charge in [0.25, 0.3) is 5.91 Å². The van der Waals surface area contributed by atoms with Crippen molar-refractivity contribution in [3.8, 4) is 5.75 Å². The van der Waals surface area contributed by atoms with Crippen LogP contribution in [0.1, 0.15) is 29.6 Å². The molecule has 2 amide bonds. The van der Waals surface area contributed by atoms with E-state index in [4.69, 9.17) is 0 Å². The zero-order valence-corrected chi connectivity index (χ0v) is 15.2. The third-order valence-corrected chi connectivity index (χ3v) is 4.46. The molecule has 0 spiro atoms. The fourth-order valence-electron chi connectivity index (χ4n) is 2.99. The van der Waals surface area contributed by atoms with Crippen molar-refractivity contribution in [1.82, 2.24) is 10.6 Å². The SMILES string of the molecule is COC(=O)CNC(=O)[C@H]1CC[C@@H](O)[C@H](NC(=O)c2cccc(OC(F)F)c2)C1. The molecule has 3 atom stereocenters. The summed E-state index contributed by atoms with van der Waals surface area (Å²) in [7, 11) is 1.21. The topological polar surface area (TPSA) is 114 Å². The highest BCUT2D eigenvalue weighted by atomic mass is 19.3. The monoisotopic (exact) mass is 400 g/mol. The summed E-state index contributed by atoms with van der Waals surface area (Å²) < 4.78 is 33.3. The number of methoxy groups -OCH3 is 1. The van der Waals surface area contributed by atoms with Crippen LogP contribution < -0.4 is 15.4 Å². The number of hydrogen-bond donors (Lipinski definition) is 3. The first kappa shape index (κ1) is 21.5. The fraction of sp³-hybridized carbons (Fsp3) is 0.500. The van der Waals surface area contributed by atoms with Crippen molar-refractivity contribution in [2.24, 2.45) is 5.92 Å². The number of rotatable bonds is 7. The maximum atomic E-state index is 12.4. The molecule has 0 aliphatic heterocycles. The number of amides is 2. The van der Waals surface area contributed by atoms with E-state index < -0.39 is 36.6 Å². The van der Waals surface area contributed by atoms with Crippen LogP contribution in [0.4, 0.5) is 8.78 Å². The highest BCUT2D eigenvalue weighted by molar-refractivity contribution is 5.95. The summed E-state index contributed by atoms with van der Waals surface area (Å²) in [5, 5.41) is 15.2. The van der Waals surface area contributed by atoms with Crippen molar-refractivity contribution in [1.29, 1.82) is 0 Å². The molecular formula is C18H22F2N2O6. The number of aliphatic hydroxyl groups is 1. The Morgan fingerprint density at radius 1 is 1.29 bits per heavy atom. The number of carbonyl (C=O) groups is 3. The van der Waals surface area contributed by atoms with Crippen LogP contribution in [-0.4, -0.2) is 55.3 Å². The molecule has 8 nitrogen and oxygen atoms in total. The van der Waals surface area contributed by atoms with Crippen LogP contribution >= 0.6 is 0 Å². The molecule has 1 aromatic rings. The van der Waals surface area contributed by atoms with Gasteiger partial charge in [0, 0.05) is 11.5 Å². The van der Waals surface area contributed by atoms with E-state index in [9.17, 15) is 28.3 Å². The minimum absolute atomic E-state index is 0.0858. The lowest BCUT2D eigenvalue weighted by atomic mass is 9.83. The lowest BCUT2D eigenvalue weighted by molar-refractivity contribution is -0.141. The Hall–Kier alpha value is -2.75. The number of ether oxygens (including phenoxy) is 2. The van der Waals surface area contributed by atoms with Crippen LogP contribution in [0.2, 0.25) is 0 Å². The number of benzene rings is 1. The average molecular weight is 400 g/mol. The van der Waals surface area contributed by atoms with Gasteiger partial charge < -0.3 is 25.2 Å². The molecule has 0 bridgehead atoms. The second-order valence-electron chi connectivity index (χ2n) is 6.36. The van der Waals surface area contributed by atoms with Gasteiger partial charge in [0.05, 0.1) is 19.3 Å². The third kappa shape index (κ3) is 6.15. The van der Waals surface area contributed by atoms with E-state index in [-0.39, 0.29) is 36.6 Å². The van der Waals surface area contributed by atoms with E-state index in [0.29, 0.717) is 6.42 Å². The smallest absolute Gasteiger partial charge is 0.387 e. The van der Waals surface area contributed by atoms with Crippen LogP contribution in [0, 0.1) is 5.92 Å². The highest BCUT2D eigenvalue weighted by Crippen LogP contribution is 2.25. The van der Waals surface area contributed by atoms with Gasteiger partial charge >= 0.3 is 12.6 Å². The number of carbonyl (C=O) groups excluding carboxylic acids is 3. The first-order chi connectivity index (χ1) is 13.3. The molecule has 1 fully saturated rings. The molecule has 28 heavy (non-hydrogen) atoms. The second-order valence-corrected chi connectivity index (χ2v) is 6.36. The maximum absolute atomic E-state index is 12.4. The van der Waals surface area contributed by atoms with E-state index in [1.54, 1.807) is 0 Å². The summed E-state index contributed by atoms with van der Waals surface area (Å²) in [6, 6.07) is 4.57. The number of esters is 1. The molecule has 0 aromatic heterocycles. The molecule has 0 radical (unpaired) electrons. The van der Waals surface area contributed by atoms with Gasteiger partial charge in [-0.25, -0.2) is 0 Å². The van der Waals surface area contributed by atoms with Crippen molar-refractivity contribution in [3.05, 3.63) is 29.8 Å². The van der Waals surface area contributed by atoms with Crippen LogP contribution in [0.25, 0.3) is 0 Å². The van der Waals surface area contributed by atoms with Crippen LogP contribution in [-0.2, 0) is 14.3 Å². The quantitative estimate of drug-likeness (QED) is 0.585. The van der Waals surface area contributed by atoms with Crippen molar-refractivity contribution >= 4 is 17.8 Å². The molecular weight excluding hydrogens is 378 g/mol. The Morgan fingerprint density at radius 3 is 2.71 bits per heavy atom. The van der Waals surface area contributed by atoms with Crippen molar-refractivity contribution in [3.63, 3.8) is 0 Å². The minimum Gasteiger partial charge on any atom is -0.468 e. The van der Waals surface area contributed by atoms with Gasteiger partial charge in [0.2, 0.25) is 5.91 Å². The summed E-state index contributed by atoms with van der Waals surface area (Å²) in [6.45, 7) is -3.27. The van der Waals surface area contributed by atoms with Gasteiger partial charge in [0.15, 0.2) is 0 Å². The van der Waals surface area contributed by atoms with Gasteiger partial charge in [-0.3, -0.25) is 14.4 Å². The summed E-state index contributed by atoms with van der Waals surface area (Å²) >= 11 is 0. The van der Waals surface area contributed by atoms with E-state index in [1.807, 2.05) is 0 Å². The second kappa shape index (κ2) is 9.98. The lowest BCUT2D eigenvalue weighted by Crippen LogP contribution is -2.49. The number of alkyl halides is 2. The predicted octanol–water partition coefficient (Wildman–Crippen LogP) is 0.837. The van der Waals surface area contributed by atoms with E-state index in [0.717, 1.165) is 6.07 Å². The largest absolute Gasteiger partial charge is 0.468 e. The molecule has 2 rings (SSSR count). The standard InChI is InChI=1S/C18H22F2N2O6/c1-27-15(24)9-21-16(25)11-5-6-14(23)13(8-11)22-17(26)10-3-2-4-12(7-10)28-18(19)20/h2-4,7,11,13-14,18,23H,5-6,8-9H2,1H3,(H,21,25)(H,22,26)/t11-,13+,14+/m0/s1. The molecule has 1 aliphatic carbocycles. The average Bonchev–Trinajstić information content (AvgIpc) is 2.67. The summed E-state index contributed by atoms with van der Waals surface area (Å²) in [5.41, 5.74) is 0.0858. The van der Waals surface area contributed by atoms with Gasteiger partial charge in [-0.1, -0.05) is 6.07 Å². The molecule has 3 N–H and O–H groups in total. The molecule has 0 saturated heterocycles. The molecule has 154 valence electrons. The molecule has 0 heterocycles. The van der Waals surface area contributed by atoms with Crippen LogP contribution in [0.3, 0.4) is 0 Å². The zero-order valence-electron chi connectivity index (χ0n) is 15.2. The van der Waals surface area contributed by atoms with Crippen LogP contribution in [0.15, 0.2) is 24.3 Å². The Kier molecular flexibility index (Phi) is 7.68. The maximum Gasteiger partial charge on any atom is 0.387 e. The number of nitrogens with one attached hydrogen (secondary N) is 2. The Morgan fingerprint density at radius 2 is 2.04 bits per heavy atom. The number of aliphatic hydroxyl groups excluding tert-OH is 1. The Labute approximate surface area is 160 Å². The number of hydrogen-bond acceptors (Lipinski definition) is 6. The summed E-state index contributed by atoms with van der Waals surface area (Å²) in [6.07, 6.45) is 0.00960. The van der Waals surface area contributed by atoms with E-state index >= 15 is 0 Å². The Bertz CT molecular complexity index is 715. The predicted molar refractivity (Wildman–Crippen MR) is 92.7 cm³/mol. The third-order valence-electron chi connectivity index (χ3n) is 4.46. The number of halogens is 2. The van der Waals surface area contributed by atoms with Crippen molar-refractivity contribution < 1.29 is 37.7 Å². The van der Waals surface area contributed by atoms with Crippen molar-refractivity contribution in [2.75, 3.05) is 13.7 Å². The fourth-order valence-corrected chi connectivity index (χ4v) is 2.99. The highest BCUT2D eigenvalue weighted by Gasteiger charge is 2.34. The summed E-state index contributed by atoms with van der Waals surface area (Å²) in [4.78, 5) is 35.7. The van der Waals surface area contributed by atoms with Gasteiger partial charge in [-0.2, -0.15) is 8.78 Å². The van der Waals surface area contributed by atoms with E-state index in [1.165, 1.54) is 25.3 Å². The molecule has 1 saturated carbocycles. The van der Waals surface area contributed by atoms with Crippen LogP contribution in [0.5, 0.6) is 5.75 Å². The minimum atomic E-state index is -3.01. The lowest BCUT2D eigenvalue weighted by Gasteiger charge is -2.33. The first-order valence-corrected chi connectivity index (χ1v) is 8.68. The molecule has 1 aliphatic rings. The van der Waals surface area contributed by atoms with E-state index in [2.05, 4.69) is 20.1 Å².